The number of hydrogen-bond acceptors (Lipinski definition) is 1. The lowest BCUT2D eigenvalue weighted by molar-refractivity contribution is 0.0954. The summed E-state index contributed by atoms with van der Waals surface area (Å²) in [6.45, 7) is 6.38. The number of rotatable bonds is 4. The van der Waals surface area contributed by atoms with Crippen molar-refractivity contribution in [2.75, 3.05) is 6.54 Å². The zero-order valence-corrected chi connectivity index (χ0v) is 14.9. The van der Waals surface area contributed by atoms with Gasteiger partial charge in [0.25, 0.3) is 5.91 Å². The van der Waals surface area contributed by atoms with Crippen LogP contribution in [0.2, 0.25) is 0 Å². The topological polar surface area (TPSA) is 34.0 Å². The Morgan fingerprint density at radius 2 is 1.92 bits per heavy atom. The van der Waals surface area contributed by atoms with Gasteiger partial charge in [-0.3, -0.25) is 4.79 Å². The van der Waals surface area contributed by atoms with Crippen molar-refractivity contribution in [3.05, 3.63) is 71.4 Å². The molecule has 2 heterocycles. The number of aromatic nitrogens is 1. The average molecular weight is 332 g/mol. The molecule has 0 unspecified atom stereocenters. The highest BCUT2D eigenvalue weighted by Gasteiger charge is 2.29. The van der Waals surface area contributed by atoms with Crippen molar-refractivity contribution in [3.8, 4) is 0 Å². The summed E-state index contributed by atoms with van der Waals surface area (Å²) >= 11 is 0. The summed E-state index contributed by atoms with van der Waals surface area (Å²) in [5, 5.41) is 4.37. The highest BCUT2D eigenvalue weighted by Crippen LogP contribution is 2.39. The fraction of sp³-hybridized carbons (Fsp3) is 0.318. The molecule has 3 nitrogen and oxygen atoms in total. The van der Waals surface area contributed by atoms with E-state index < -0.39 is 0 Å². The van der Waals surface area contributed by atoms with E-state index in [0.29, 0.717) is 12.1 Å². The molecule has 0 saturated heterocycles. The van der Waals surface area contributed by atoms with Crippen molar-refractivity contribution < 1.29 is 4.79 Å². The molecular weight excluding hydrogens is 308 g/mol. The first-order valence-corrected chi connectivity index (χ1v) is 9.01. The second-order valence-corrected chi connectivity index (χ2v) is 7.56. The van der Waals surface area contributed by atoms with Crippen LogP contribution >= 0.6 is 0 Å². The lowest BCUT2D eigenvalue weighted by Crippen LogP contribution is -2.25. The van der Waals surface area contributed by atoms with E-state index in [0.717, 1.165) is 19.4 Å². The van der Waals surface area contributed by atoms with Crippen LogP contribution in [0.4, 0.5) is 0 Å². The first-order valence-electron chi connectivity index (χ1n) is 9.01. The third kappa shape index (κ3) is 2.84. The molecule has 0 atom stereocenters. The Labute approximate surface area is 148 Å². The molecule has 0 aliphatic carbocycles. The van der Waals surface area contributed by atoms with Gasteiger partial charge in [0.15, 0.2) is 0 Å². The first-order chi connectivity index (χ1) is 12.1. The maximum Gasteiger partial charge on any atom is 0.251 e. The van der Waals surface area contributed by atoms with Gasteiger partial charge in [0, 0.05) is 30.2 Å². The van der Waals surface area contributed by atoms with Gasteiger partial charge in [0.2, 0.25) is 0 Å². The minimum absolute atomic E-state index is 0.00419. The molecule has 0 spiro atoms. The minimum atomic E-state index is -0.00419. The number of hydrogen-bond donors (Lipinski definition) is 1. The van der Waals surface area contributed by atoms with Gasteiger partial charge in [-0.2, -0.15) is 0 Å². The van der Waals surface area contributed by atoms with E-state index in [1.807, 2.05) is 30.3 Å². The molecule has 1 aliphatic rings. The van der Waals surface area contributed by atoms with Crippen molar-refractivity contribution >= 4 is 16.8 Å². The van der Waals surface area contributed by atoms with Gasteiger partial charge in [-0.1, -0.05) is 50.2 Å². The molecule has 3 aromatic rings. The zero-order valence-electron chi connectivity index (χ0n) is 14.9. The predicted molar refractivity (Wildman–Crippen MR) is 102 cm³/mol. The van der Waals surface area contributed by atoms with Crippen LogP contribution in [0.1, 0.15) is 41.8 Å². The van der Waals surface area contributed by atoms with Gasteiger partial charge >= 0.3 is 0 Å². The van der Waals surface area contributed by atoms with Gasteiger partial charge in [-0.05, 0) is 41.5 Å². The second kappa shape index (κ2) is 6.07. The second-order valence-electron chi connectivity index (χ2n) is 7.56. The van der Waals surface area contributed by atoms with E-state index >= 15 is 0 Å². The number of benzene rings is 2. The molecule has 3 heteroatoms. The van der Waals surface area contributed by atoms with Crippen molar-refractivity contribution in [2.24, 2.45) is 0 Å². The molecule has 0 bridgehead atoms. The maximum absolute atomic E-state index is 12.2. The van der Waals surface area contributed by atoms with Gasteiger partial charge < -0.3 is 9.88 Å². The van der Waals surface area contributed by atoms with E-state index in [2.05, 4.69) is 48.1 Å². The standard InChI is InChI=1S/C22H24N2O/c1-22(2)12-14-24-15-17(18-9-6-10-19(22)20(18)24)11-13-23-21(25)16-7-4-3-5-8-16/h3-10,15H,11-14H2,1-2H3,(H,23,25). The summed E-state index contributed by atoms with van der Waals surface area (Å²) in [4.78, 5) is 12.2. The lowest BCUT2D eigenvalue weighted by atomic mass is 9.79. The molecule has 2 aromatic carbocycles. The minimum Gasteiger partial charge on any atom is -0.352 e. The van der Waals surface area contributed by atoms with Crippen LogP contribution in [-0.2, 0) is 18.4 Å². The zero-order chi connectivity index (χ0) is 17.4. The quantitative estimate of drug-likeness (QED) is 0.759. The van der Waals surface area contributed by atoms with Crippen molar-refractivity contribution in [3.63, 3.8) is 0 Å². The predicted octanol–water partition coefficient (Wildman–Crippen LogP) is 4.30. The van der Waals surface area contributed by atoms with Crippen LogP contribution in [0.15, 0.2) is 54.7 Å². The Kier molecular flexibility index (Phi) is 3.87. The van der Waals surface area contributed by atoms with E-state index in [1.165, 1.54) is 22.0 Å². The largest absolute Gasteiger partial charge is 0.352 e. The van der Waals surface area contributed by atoms with Crippen LogP contribution in [0.5, 0.6) is 0 Å². The smallest absolute Gasteiger partial charge is 0.251 e. The molecule has 4 rings (SSSR count). The Morgan fingerprint density at radius 3 is 2.72 bits per heavy atom. The van der Waals surface area contributed by atoms with Crippen LogP contribution in [0.25, 0.3) is 10.9 Å². The van der Waals surface area contributed by atoms with Crippen LogP contribution in [0, 0.1) is 0 Å². The summed E-state index contributed by atoms with van der Waals surface area (Å²) in [6, 6.07) is 16.0. The van der Waals surface area contributed by atoms with E-state index in [9.17, 15) is 4.79 Å². The number of carbonyl (C=O) groups excluding carboxylic acids is 1. The van der Waals surface area contributed by atoms with Crippen molar-refractivity contribution in [1.29, 1.82) is 0 Å². The maximum atomic E-state index is 12.2. The molecule has 128 valence electrons. The number of aryl methyl sites for hydroxylation is 1. The van der Waals surface area contributed by atoms with Gasteiger partial charge in [-0.15, -0.1) is 0 Å². The Bertz CT molecular complexity index is 922. The summed E-state index contributed by atoms with van der Waals surface area (Å²) in [7, 11) is 0. The normalized spacial score (nSPS) is 15.3. The first kappa shape index (κ1) is 15.9. The molecular formula is C22H24N2O. The van der Waals surface area contributed by atoms with E-state index in [4.69, 9.17) is 0 Å². The van der Waals surface area contributed by atoms with E-state index in [-0.39, 0.29) is 11.3 Å². The summed E-state index contributed by atoms with van der Waals surface area (Å²) in [5.74, 6) is -0.00419. The highest BCUT2D eigenvalue weighted by molar-refractivity contribution is 5.94. The molecule has 1 amide bonds. The fourth-order valence-corrected chi connectivity index (χ4v) is 3.89. The SMILES string of the molecule is CC1(C)CCn2cc(CCNC(=O)c3ccccc3)c3cccc1c32. The van der Waals surface area contributed by atoms with Gasteiger partial charge in [-0.25, -0.2) is 0 Å². The number of amides is 1. The molecule has 1 aliphatic heterocycles. The van der Waals surface area contributed by atoms with Crippen LogP contribution in [0.3, 0.4) is 0 Å². The van der Waals surface area contributed by atoms with Crippen molar-refractivity contribution in [1.82, 2.24) is 9.88 Å². The Morgan fingerprint density at radius 1 is 1.12 bits per heavy atom. The third-order valence-corrected chi connectivity index (χ3v) is 5.40. The molecule has 0 radical (unpaired) electrons. The molecule has 1 N–H and O–H groups in total. The third-order valence-electron chi connectivity index (χ3n) is 5.40. The van der Waals surface area contributed by atoms with E-state index in [1.54, 1.807) is 0 Å². The fourth-order valence-electron chi connectivity index (χ4n) is 3.89. The Hall–Kier alpha value is -2.55. The molecule has 0 fully saturated rings. The summed E-state index contributed by atoms with van der Waals surface area (Å²) < 4.78 is 2.39. The average Bonchev–Trinajstić information content (AvgIpc) is 2.98. The number of nitrogens with zero attached hydrogens (tertiary/aromatic N) is 1. The lowest BCUT2D eigenvalue weighted by Gasteiger charge is -2.31. The molecule has 25 heavy (non-hydrogen) atoms. The summed E-state index contributed by atoms with van der Waals surface area (Å²) in [5.41, 5.74) is 5.08. The number of nitrogens with one attached hydrogen (secondary N) is 1. The monoisotopic (exact) mass is 332 g/mol. The van der Waals surface area contributed by atoms with Crippen molar-refractivity contribution in [2.45, 2.75) is 38.6 Å². The summed E-state index contributed by atoms with van der Waals surface area (Å²) in [6.07, 6.45) is 4.29. The van der Waals surface area contributed by atoms with Gasteiger partial charge in [0.05, 0.1) is 5.52 Å². The highest BCUT2D eigenvalue weighted by atomic mass is 16.1. The number of carbonyl (C=O) groups is 1. The van der Waals surface area contributed by atoms with Gasteiger partial charge in [0.1, 0.15) is 0 Å². The van der Waals surface area contributed by atoms with Crippen LogP contribution in [-0.4, -0.2) is 17.0 Å². The number of para-hydroxylation sites is 1. The molecule has 0 saturated carbocycles. The molecule has 1 aromatic heterocycles. The Balaban J connectivity index is 1.54. The van der Waals surface area contributed by atoms with Crippen LogP contribution < -0.4 is 5.32 Å².